The maximum atomic E-state index is 10.9. The Bertz CT molecular complexity index is 383. The third kappa shape index (κ3) is 3.74. The molecule has 0 radical (unpaired) electrons. The van der Waals surface area contributed by atoms with Crippen LogP contribution in [0.25, 0.3) is 0 Å². The van der Waals surface area contributed by atoms with Gasteiger partial charge in [0.1, 0.15) is 0 Å². The summed E-state index contributed by atoms with van der Waals surface area (Å²) in [6, 6.07) is 7.32. The van der Waals surface area contributed by atoms with E-state index in [-0.39, 0.29) is 5.91 Å². The molecule has 1 atom stereocenters. The van der Waals surface area contributed by atoms with E-state index in [0.717, 1.165) is 24.7 Å². The fourth-order valence-corrected chi connectivity index (χ4v) is 2.34. The Labute approximate surface area is 108 Å². The average molecular weight is 247 g/mol. The number of benzene rings is 1. The van der Waals surface area contributed by atoms with Crippen molar-refractivity contribution in [3.63, 3.8) is 0 Å². The minimum Gasteiger partial charge on any atom is -0.385 e. The topological polar surface area (TPSA) is 67.2 Å². The van der Waals surface area contributed by atoms with Crippen molar-refractivity contribution >= 4 is 11.6 Å². The summed E-state index contributed by atoms with van der Waals surface area (Å²) in [6.07, 6.45) is 3.80. The van der Waals surface area contributed by atoms with Gasteiger partial charge in [0.2, 0.25) is 5.91 Å². The van der Waals surface area contributed by atoms with Gasteiger partial charge in [0.05, 0.1) is 0 Å². The minimum atomic E-state index is -0.380. The fourth-order valence-electron chi connectivity index (χ4n) is 2.34. The first-order valence-corrected chi connectivity index (χ1v) is 6.60. The summed E-state index contributed by atoms with van der Waals surface area (Å²) in [4.78, 5) is 10.9. The minimum absolute atomic E-state index is 0.380. The van der Waals surface area contributed by atoms with E-state index in [1.54, 1.807) is 12.1 Å². The molecule has 0 bridgehead atoms. The summed E-state index contributed by atoms with van der Waals surface area (Å²) in [5.41, 5.74) is 6.79. The van der Waals surface area contributed by atoms with Crippen molar-refractivity contribution in [2.45, 2.75) is 19.3 Å². The van der Waals surface area contributed by atoms with Crippen molar-refractivity contribution in [1.29, 1.82) is 0 Å². The molecule has 1 heterocycles. The number of piperidine rings is 1. The molecular weight excluding hydrogens is 226 g/mol. The second-order valence-electron chi connectivity index (χ2n) is 4.87. The molecule has 0 saturated carbocycles. The van der Waals surface area contributed by atoms with Gasteiger partial charge in [-0.1, -0.05) is 0 Å². The molecule has 1 aliphatic heterocycles. The molecule has 1 amide bonds. The predicted octanol–water partition coefficient (Wildman–Crippen LogP) is 1.59. The molecule has 1 fully saturated rings. The van der Waals surface area contributed by atoms with Gasteiger partial charge in [0.15, 0.2) is 0 Å². The maximum Gasteiger partial charge on any atom is 0.248 e. The van der Waals surface area contributed by atoms with Crippen LogP contribution in [0.2, 0.25) is 0 Å². The number of carbonyl (C=O) groups is 1. The summed E-state index contributed by atoms with van der Waals surface area (Å²) in [7, 11) is 0. The molecular formula is C14H21N3O. The monoisotopic (exact) mass is 247 g/mol. The molecule has 1 aromatic rings. The molecule has 0 aromatic heterocycles. The van der Waals surface area contributed by atoms with Crippen molar-refractivity contribution in [1.82, 2.24) is 5.32 Å². The zero-order valence-electron chi connectivity index (χ0n) is 10.6. The van der Waals surface area contributed by atoms with E-state index in [9.17, 15) is 4.79 Å². The van der Waals surface area contributed by atoms with E-state index in [4.69, 9.17) is 5.73 Å². The highest BCUT2D eigenvalue weighted by Crippen LogP contribution is 2.15. The molecule has 98 valence electrons. The van der Waals surface area contributed by atoms with Gasteiger partial charge in [-0.25, -0.2) is 0 Å². The summed E-state index contributed by atoms with van der Waals surface area (Å²) in [5.74, 6) is 0.408. The first kappa shape index (κ1) is 12.9. The average Bonchev–Trinajstić information content (AvgIpc) is 2.40. The van der Waals surface area contributed by atoms with Crippen molar-refractivity contribution in [3.05, 3.63) is 29.8 Å². The van der Waals surface area contributed by atoms with Crippen LogP contribution in [-0.4, -0.2) is 25.5 Å². The number of nitrogens with one attached hydrogen (secondary N) is 2. The van der Waals surface area contributed by atoms with Gasteiger partial charge in [-0.2, -0.15) is 0 Å². The van der Waals surface area contributed by atoms with Crippen LogP contribution in [0.4, 0.5) is 5.69 Å². The molecule has 0 aliphatic carbocycles. The maximum absolute atomic E-state index is 10.9. The Kier molecular flexibility index (Phi) is 4.59. The standard InChI is InChI=1S/C14H21N3O/c15-14(18)12-3-5-13(6-4-12)17-9-7-11-2-1-8-16-10-11/h3-6,11,16-17H,1-2,7-10H2,(H2,15,18). The van der Waals surface area contributed by atoms with Crippen molar-refractivity contribution in [2.75, 3.05) is 25.0 Å². The zero-order chi connectivity index (χ0) is 12.8. The van der Waals surface area contributed by atoms with Gasteiger partial charge in [0.25, 0.3) is 0 Å². The Morgan fingerprint density at radius 3 is 2.78 bits per heavy atom. The third-order valence-corrected chi connectivity index (χ3v) is 3.45. The van der Waals surface area contributed by atoms with Gasteiger partial charge >= 0.3 is 0 Å². The fraction of sp³-hybridized carbons (Fsp3) is 0.500. The number of hydrogen-bond acceptors (Lipinski definition) is 3. The van der Waals surface area contributed by atoms with Gasteiger partial charge in [-0.3, -0.25) is 4.79 Å². The van der Waals surface area contributed by atoms with Gasteiger partial charge in [0, 0.05) is 17.8 Å². The SMILES string of the molecule is NC(=O)c1ccc(NCCC2CCCNC2)cc1. The Hall–Kier alpha value is -1.55. The lowest BCUT2D eigenvalue weighted by molar-refractivity contribution is 0.100. The number of hydrogen-bond donors (Lipinski definition) is 3. The van der Waals surface area contributed by atoms with E-state index in [1.165, 1.54) is 25.8 Å². The number of amides is 1. The first-order chi connectivity index (χ1) is 8.75. The van der Waals surface area contributed by atoms with E-state index >= 15 is 0 Å². The van der Waals surface area contributed by atoms with Crippen LogP contribution in [0.5, 0.6) is 0 Å². The number of rotatable bonds is 5. The molecule has 2 rings (SSSR count). The summed E-state index contributed by atoms with van der Waals surface area (Å²) in [6.45, 7) is 3.28. The summed E-state index contributed by atoms with van der Waals surface area (Å²) in [5, 5.41) is 6.80. The highest BCUT2D eigenvalue weighted by Gasteiger charge is 2.11. The normalized spacial score (nSPS) is 19.4. The lowest BCUT2D eigenvalue weighted by atomic mass is 9.96. The van der Waals surface area contributed by atoms with Crippen molar-refractivity contribution in [3.8, 4) is 0 Å². The number of carbonyl (C=O) groups excluding carboxylic acids is 1. The van der Waals surface area contributed by atoms with Crippen LogP contribution in [0.1, 0.15) is 29.6 Å². The molecule has 1 unspecified atom stereocenters. The number of primary amides is 1. The van der Waals surface area contributed by atoms with Crippen LogP contribution < -0.4 is 16.4 Å². The van der Waals surface area contributed by atoms with Gasteiger partial charge < -0.3 is 16.4 Å². The molecule has 1 aromatic carbocycles. The van der Waals surface area contributed by atoms with Crippen molar-refractivity contribution < 1.29 is 4.79 Å². The van der Waals surface area contributed by atoms with Crippen LogP contribution in [0, 0.1) is 5.92 Å². The molecule has 4 nitrogen and oxygen atoms in total. The first-order valence-electron chi connectivity index (χ1n) is 6.60. The van der Waals surface area contributed by atoms with E-state index in [0.29, 0.717) is 5.56 Å². The molecule has 4 N–H and O–H groups in total. The van der Waals surface area contributed by atoms with Crippen molar-refractivity contribution in [2.24, 2.45) is 11.7 Å². The number of anilines is 1. The van der Waals surface area contributed by atoms with Crippen LogP contribution in [0.15, 0.2) is 24.3 Å². The smallest absolute Gasteiger partial charge is 0.248 e. The Morgan fingerprint density at radius 1 is 1.39 bits per heavy atom. The quantitative estimate of drug-likeness (QED) is 0.740. The van der Waals surface area contributed by atoms with Crippen LogP contribution in [0.3, 0.4) is 0 Å². The molecule has 0 spiro atoms. The third-order valence-electron chi connectivity index (χ3n) is 3.45. The summed E-state index contributed by atoms with van der Waals surface area (Å²) < 4.78 is 0. The summed E-state index contributed by atoms with van der Waals surface area (Å²) >= 11 is 0. The second kappa shape index (κ2) is 6.40. The van der Waals surface area contributed by atoms with Crippen LogP contribution in [-0.2, 0) is 0 Å². The van der Waals surface area contributed by atoms with E-state index in [2.05, 4.69) is 10.6 Å². The molecule has 1 aliphatic rings. The highest BCUT2D eigenvalue weighted by atomic mass is 16.1. The Morgan fingerprint density at radius 2 is 2.17 bits per heavy atom. The second-order valence-corrected chi connectivity index (χ2v) is 4.87. The zero-order valence-corrected chi connectivity index (χ0v) is 10.6. The Balaban J connectivity index is 1.74. The van der Waals surface area contributed by atoms with Gasteiger partial charge in [-0.05, 0) is 62.5 Å². The van der Waals surface area contributed by atoms with Gasteiger partial charge in [-0.15, -0.1) is 0 Å². The molecule has 1 saturated heterocycles. The van der Waals surface area contributed by atoms with E-state index < -0.39 is 0 Å². The van der Waals surface area contributed by atoms with E-state index in [1.807, 2.05) is 12.1 Å². The van der Waals surface area contributed by atoms with Crippen LogP contribution >= 0.6 is 0 Å². The molecule has 4 heteroatoms. The largest absolute Gasteiger partial charge is 0.385 e. The lowest BCUT2D eigenvalue weighted by Gasteiger charge is -2.22. The highest BCUT2D eigenvalue weighted by molar-refractivity contribution is 5.93. The number of nitrogens with two attached hydrogens (primary N) is 1. The predicted molar refractivity (Wildman–Crippen MR) is 73.7 cm³/mol. The lowest BCUT2D eigenvalue weighted by Crippen LogP contribution is -2.30. The molecule has 18 heavy (non-hydrogen) atoms.